The van der Waals surface area contributed by atoms with Gasteiger partial charge in [0.2, 0.25) is 5.72 Å². The molecule has 2 aliphatic rings. The summed E-state index contributed by atoms with van der Waals surface area (Å²) < 4.78 is 21.1. The molecule has 3 aromatic rings. The van der Waals surface area contributed by atoms with Gasteiger partial charge in [0.05, 0.1) is 12.9 Å². The number of fused-ring (bicyclic) bond motifs is 2. The number of anilines is 2. The number of imidazole rings is 1. The zero-order valence-electron chi connectivity index (χ0n) is 25.9. The van der Waals surface area contributed by atoms with E-state index in [1.54, 1.807) is 6.33 Å². The van der Waals surface area contributed by atoms with Crippen LogP contribution < -0.4 is 16.4 Å². The molecule has 12 nitrogen and oxygen atoms in total. The van der Waals surface area contributed by atoms with Crippen LogP contribution in [0.4, 0.5) is 16.3 Å². The Hall–Kier alpha value is -3.32. The molecule has 0 bridgehead atoms. The lowest BCUT2D eigenvalue weighted by Crippen LogP contribution is -2.48. The summed E-state index contributed by atoms with van der Waals surface area (Å²) in [4.78, 5) is 27.9. The van der Waals surface area contributed by atoms with E-state index in [1.165, 1.54) is 11.9 Å². The quantitative estimate of drug-likeness (QED) is 0.362. The molecule has 2 amide bonds. The summed E-state index contributed by atoms with van der Waals surface area (Å²) in [6.07, 6.45) is 3.16. The highest BCUT2D eigenvalue weighted by Crippen LogP contribution is 2.47. The van der Waals surface area contributed by atoms with Crippen molar-refractivity contribution in [2.75, 3.05) is 37.8 Å². The molecule has 2 saturated heterocycles. The second-order valence-electron chi connectivity index (χ2n) is 13.6. The highest BCUT2D eigenvalue weighted by atomic mass is 16.8. The minimum Gasteiger partial charge on any atom is -0.382 e. The molecule has 1 aromatic carbocycles. The standard InChI is InChI=1S/C30H44N8O4/c1-27(2,3)19-9-11-20(12-10-19)35-26(39)36-28(4,5)13-14-37(8)15-21-23-30(16-40-21,42-29(6,7)41-23)38-18-34-22-24(31)32-17-33-25(22)38/h9-12,17-18,21,23H,13-16H2,1-8H3,(H2,31,32,33)(H2,35,36,39)/t21-,23-,30+/m1/s1. The second-order valence-corrected chi connectivity index (χ2v) is 13.6. The Morgan fingerprint density at radius 3 is 2.55 bits per heavy atom. The summed E-state index contributed by atoms with van der Waals surface area (Å²) in [6.45, 7) is 16.0. The number of hydrogen-bond donors (Lipinski definition) is 3. The molecule has 2 aromatic heterocycles. The Balaban J connectivity index is 1.19. The molecule has 12 heteroatoms. The molecule has 0 saturated carbocycles. The molecule has 42 heavy (non-hydrogen) atoms. The van der Waals surface area contributed by atoms with E-state index >= 15 is 0 Å². The molecule has 4 heterocycles. The fraction of sp³-hybridized carbons (Fsp3) is 0.600. The molecule has 0 spiro atoms. The van der Waals surface area contributed by atoms with Crippen LogP contribution in [0.3, 0.4) is 0 Å². The van der Waals surface area contributed by atoms with Gasteiger partial charge in [0.15, 0.2) is 17.3 Å². The van der Waals surface area contributed by atoms with Crippen molar-refractivity contribution in [2.45, 2.75) is 89.6 Å². The minimum atomic E-state index is -0.936. The summed E-state index contributed by atoms with van der Waals surface area (Å²) in [5, 5.41) is 6.06. The third-order valence-corrected chi connectivity index (χ3v) is 7.96. The highest BCUT2D eigenvalue weighted by molar-refractivity contribution is 5.89. The molecule has 0 radical (unpaired) electrons. The zero-order chi connectivity index (χ0) is 30.5. The first-order chi connectivity index (χ1) is 19.6. The largest absolute Gasteiger partial charge is 0.382 e. The molecule has 3 atom stereocenters. The molecular formula is C30H44N8O4. The van der Waals surface area contributed by atoms with Gasteiger partial charge in [-0.1, -0.05) is 32.9 Å². The van der Waals surface area contributed by atoms with E-state index in [1.807, 2.05) is 63.6 Å². The van der Waals surface area contributed by atoms with Crippen LogP contribution in [0.5, 0.6) is 0 Å². The maximum atomic E-state index is 12.8. The number of hydrogen-bond acceptors (Lipinski definition) is 9. The number of ether oxygens (including phenoxy) is 3. The number of nitrogen functional groups attached to an aromatic ring is 1. The summed E-state index contributed by atoms with van der Waals surface area (Å²) in [5.41, 5.74) is 7.79. The fourth-order valence-electron chi connectivity index (χ4n) is 5.69. The number of rotatable bonds is 8. The van der Waals surface area contributed by atoms with E-state index in [0.717, 1.165) is 18.7 Å². The Kier molecular flexibility index (Phi) is 7.71. The Labute approximate surface area is 247 Å². The molecule has 228 valence electrons. The van der Waals surface area contributed by atoms with E-state index in [9.17, 15) is 4.79 Å². The zero-order valence-corrected chi connectivity index (χ0v) is 25.9. The van der Waals surface area contributed by atoms with Crippen molar-refractivity contribution in [3.63, 3.8) is 0 Å². The van der Waals surface area contributed by atoms with E-state index in [4.69, 9.17) is 19.9 Å². The molecule has 5 rings (SSSR count). The molecule has 0 aliphatic carbocycles. The van der Waals surface area contributed by atoms with Crippen LogP contribution in [0.25, 0.3) is 11.2 Å². The van der Waals surface area contributed by atoms with Crippen molar-refractivity contribution in [1.29, 1.82) is 0 Å². The SMILES string of the molecule is CN(CCC(C)(C)NC(=O)Nc1ccc(C(C)(C)C)cc1)C[C@H]1OC[C@]2(n3cnc4c(N)ncnc43)OC(C)(C)O[C@H]12. The summed E-state index contributed by atoms with van der Waals surface area (Å²) in [7, 11) is 2.04. The number of benzene rings is 1. The minimum absolute atomic E-state index is 0.0598. The number of carbonyl (C=O) groups excluding carboxylic acids is 1. The van der Waals surface area contributed by atoms with E-state index in [-0.39, 0.29) is 24.2 Å². The van der Waals surface area contributed by atoms with Gasteiger partial charge in [0, 0.05) is 24.3 Å². The first kappa shape index (κ1) is 30.1. The van der Waals surface area contributed by atoms with Crippen LogP contribution in [0.2, 0.25) is 0 Å². The number of aromatic nitrogens is 4. The van der Waals surface area contributed by atoms with Crippen LogP contribution in [0.1, 0.15) is 60.5 Å². The number of urea groups is 1. The van der Waals surface area contributed by atoms with Gasteiger partial charge >= 0.3 is 6.03 Å². The molecule has 2 aliphatic heterocycles. The van der Waals surface area contributed by atoms with Crippen molar-refractivity contribution in [3.05, 3.63) is 42.5 Å². The van der Waals surface area contributed by atoms with Crippen LogP contribution in [-0.4, -0.2) is 80.7 Å². The number of likely N-dealkylation sites (N-methyl/N-ethyl adjacent to an activating group) is 1. The summed E-state index contributed by atoms with van der Waals surface area (Å²) in [6, 6.07) is 7.74. The molecular weight excluding hydrogens is 536 g/mol. The first-order valence-corrected chi connectivity index (χ1v) is 14.4. The van der Waals surface area contributed by atoms with Crippen molar-refractivity contribution < 1.29 is 19.0 Å². The van der Waals surface area contributed by atoms with Gasteiger partial charge in [-0.2, -0.15) is 0 Å². The Morgan fingerprint density at radius 1 is 1.14 bits per heavy atom. The predicted molar refractivity (Wildman–Crippen MR) is 161 cm³/mol. The smallest absolute Gasteiger partial charge is 0.319 e. The molecule has 4 N–H and O–H groups in total. The summed E-state index contributed by atoms with van der Waals surface area (Å²) in [5.74, 6) is -0.518. The maximum absolute atomic E-state index is 12.8. The van der Waals surface area contributed by atoms with Gasteiger partial charge in [-0.15, -0.1) is 0 Å². The number of carbonyl (C=O) groups is 1. The topological polar surface area (TPSA) is 142 Å². The lowest BCUT2D eigenvalue weighted by atomic mass is 9.87. The van der Waals surface area contributed by atoms with Gasteiger partial charge < -0.3 is 35.5 Å². The van der Waals surface area contributed by atoms with Gasteiger partial charge in [-0.05, 0) is 64.3 Å². The normalized spacial score (nSPS) is 23.8. The van der Waals surface area contributed by atoms with E-state index < -0.39 is 23.2 Å². The monoisotopic (exact) mass is 580 g/mol. The average Bonchev–Trinajstić information content (AvgIpc) is 3.53. The Bertz CT molecular complexity index is 1430. The van der Waals surface area contributed by atoms with Crippen LogP contribution in [-0.2, 0) is 25.4 Å². The van der Waals surface area contributed by atoms with E-state index in [2.05, 4.69) is 51.3 Å². The van der Waals surface area contributed by atoms with Crippen LogP contribution >= 0.6 is 0 Å². The molecule has 0 unspecified atom stereocenters. The summed E-state index contributed by atoms with van der Waals surface area (Å²) >= 11 is 0. The van der Waals surface area contributed by atoms with Gasteiger partial charge in [-0.25, -0.2) is 19.7 Å². The second kappa shape index (κ2) is 10.7. The molecule has 2 fully saturated rings. The lowest BCUT2D eigenvalue weighted by molar-refractivity contribution is -0.205. The lowest BCUT2D eigenvalue weighted by Gasteiger charge is -2.31. The van der Waals surface area contributed by atoms with Crippen LogP contribution in [0, 0.1) is 0 Å². The van der Waals surface area contributed by atoms with Crippen molar-refractivity contribution in [3.8, 4) is 0 Å². The Morgan fingerprint density at radius 2 is 1.86 bits per heavy atom. The number of nitrogens with two attached hydrogens (primary N) is 1. The van der Waals surface area contributed by atoms with Crippen molar-refractivity contribution >= 4 is 28.7 Å². The third-order valence-electron chi connectivity index (χ3n) is 7.96. The van der Waals surface area contributed by atoms with Gasteiger partial charge in [-0.3, -0.25) is 4.57 Å². The van der Waals surface area contributed by atoms with Gasteiger partial charge in [0.25, 0.3) is 0 Å². The predicted octanol–water partition coefficient (Wildman–Crippen LogP) is 3.83. The van der Waals surface area contributed by atoms with Crippen molar-refractivity contribution in [2.24, 2.45) is 0 Å². The fourth-order valence-corrected chi connectivity index (χ4v) is 5.69. The number of nitrogens with zero attached hydrogens (tertiary/aromatic N) is 5. The number of amides is 2. The highest BCUT2D eigenvalue weighted by Gasteiger charge is 2.63. The van der Waals surface area contributed by atoms with Gasteiger partial charge in [0.1, 0.15) is 24.1 Å². The average molecular weight is 581 g/mol. The number of nitrogens with one attached hydrogen (secondary N) is 2. The van der Waals surface area contributed by atoms with Crippen LogP contribution in [0.15, 0.2) is 36.9 Å². The third kappa shape index (κ3) is 6.07. The van der Waals surface area contributed by atoms with E-state index in [0.29, 0.717) is 23.5 Å². The first-order valence-electron chi connectivity index (χ1n) is 14.4. The van der Waals surface area contributed by atoms with Crippen molar-refractivity contribution in [1.82, 2.24) is 29.7 Å². The maximum Gasteiger partial charge on any atom is 0.319 e.